The predicted molar refractivity (Wildman–Crippen MR) is 102 cm³/mol. The number of thiocarbonyl (C=S) groups is 1. The molecule has 0 aliphatic carbocycles. The minimum atomic E-state index is 0.0367. The van der Waals surface area contributed by atoms with Crippen LogP contribution in [0.2, 0.25) is 0 Å². The number of hydrogen-bond donors (Lipinski definition) is 1. The number of methoxy groups -OCH3 is 1. The zero-order valence-corrected chi connectivity index (χ0v) is 15.5. The molecule has 0 radical (unpaired) electrons. The molecular formula is C18H25N3O2S. The molecule has 1 aromatic heterocycles. The smallest absolute Gasteiger partial charge is 0.174 e. The maximum absolute atomic E-state index is 5.67. The van der Waals surface area contributed by atoms with Crippen molar-refractivity contribution in [2.24, 2.45) is 0 Å². The molecule has 0 aliphatic rings. The molecule has 2 rings (SSSR count). The predicted octanol–water partition coefficient (Wildman–Crippen LogP) is 3.61. The monoisotopic (exact) mass is 347 g/mol. The Labute approximate surface area is 149 Å². The fraction of sp³-hybridized carbons (Fsp3) is 0.389. The number of furan rings is 1. The third kappa shape index (κ3) is 4.72. The summed E-state index contributed by atoms with van der Waals surface area (Å²) < 4.78 is 11.0. The Balaban J connectivity index is 2.17. The number of anilines is 1. The summed E-state index contributed by atoms with van der Waals surface area (Å²) in [4.78, 5) is 4.26. The van der Waals surface area contributed by atoms with Gasteiger partial charge in [0.05, 0.1) is 25.1 Å². The van der Waals surface area contributed by atoms with Gasteiger partial charge in [-0.25, -0.2) is 0 Å². The van der Waals surface area contributed by atoms with Gasteiger partial charge in [0.15, 0.2) is 5.11 Å². The van der Waals surface area contributed by atoms with Crippen LogP contribution in [0.3, 0.4) is 0 Å². The van der Waals surface area contributed by atoms with Crippen molar-refractivity contribution in [3.05, 3.63) is 48.4 Å². The van der Waals surface area contributed by atoms with Crippen molar-refractivity contribution in [1.82, 2.24) is 9.80 Å². The summed E-state index contributed by atoms with van der Waals surface area (Å²) in [7, 11) is 5.75. The van der Waals surface area contributed by atoms with Crippen LogP contribution in [0, 0.1) is 0 Å². The Hall–Kier alpha value is -2.05. The van der Waals surface area contributed by atoms with Gasteiger partial charge in [0.2, 0.25) is 0 Å². The van der Waals surface area contributed by atoms with Gasteiger partial charge in [0, 0.05) is 13.1 Å². The van der Waals surface area contributed by atoms with Crippen LogP contribution in [0.15, 0.2) is 47.1 Å². The highest BCUT2D eigenvalue weighted by atomic mass is 32.1. The summed E-state index contributed by atoms with van der Waals surface area (Å²) in [5, 5.41) is 3.94. The topological polar surface area (TPSA) is 40.9 Å². The first-order valence-electron chi connectivity index (χ1n) is 7.91. The lowest BCUT2D eigenvalue weighted by Crippen LogP contribution is -2.40. The molecule has 6 heteroatoms. The van der Waals surface area contributed by atoms with Crippen molar-refractivity contribution >= 4 is 23.0 Å². The van der Waals surface area contributed by atoms with E-state index in [0.717, 1.165) is 30.3 Å². The number of rotatable bonds is 7. The first-order valence-corrected chi connectivity index (χ1v) is 8.32. The highest BCUT2D eigenvalue weighted by Crippen LogP contribution is 2.26. The zero-order valence-electron chi connectivity index (χ0n) is 14.7. The normalized spacial score (nSPS) is 12.0. The highest BCUT2D eigenvalue weighted by molar-refractivity contribution is 7.80. The molecule has 0 saturated heterocycles. The van der Waals surface area contributed by atoms with E-state index in [1.807, 2.05) is 50.5 Å². The summed E-state index contributed by atoms with van der Waals surface area (Å²) in [6.45, 7) is 3.76. The summed E-state index contributed by atoms with van der Waals surface area (Å²) in [6.07, 6.45) is 1.69. The van der Waals surface area contributed by atoms with Crippen molar-refractivity contribution in [1.29, 1.82) is 0 Å². The third-order valence-electron chi connectivity index (χ3n) is 3.82. The van der Waals surface area contributed by atoms with Gasteiger partial charge in [-0.3, -0.25) is 0 Å². The van der Waals surface area contributed by atoms with E-state index < -0.39 is 0 Å². The molecule has 24 heavy (non-hydrogen) atoms. The molecule has 1 aromatic carbocycles. The van der Waals surface area contributed by atoms with Gasteiger partial charge in [-0.2, -0.15) is 0 Å². The van der Waals surface area contributed by atoms with Crippen molar-refractivity contribution in [2.45, 2.75) is 13.0 Å². The van der Waals surface area contributed by atoms with E-state index >= 15 is 0 Å². The Bertz CT molecular complexity index is 643. The van der Waals surface area contributed by atoms with Gasteiger partial charge in [-0.1, -0.05) is 12.1 Å². The Morgan fingerprint density at radius 3 is 2.58 bits per heavy atom. The van der Waals surface area contributed by atoms with Crippen LogP contribution in [-0.4, -0.2) is 49.2 Å². The molecule has 1 heterocycles. The molecular weight excluding hydrogens is 322 g/mol. The van der Waals surface area contributed by atoms with Gasteiger partial charge < -0.3 is 24.3 Å². The lowest BCUT2D eigenvalue weighted by Gasteiger charge is -2.32. The number of hydrogen-bond acceptors (Lipinski definition) is 4. The molecule has 1 N–H and O–H groups in total. The van der Waals surface area contributed by atoms with E-state index in [9.17, 15) is 0 Å². The van der Waals surface area contributed by atoms with Crippen LogP contribution >= 0.6 is 12.2 Å². The molecule has 0 unspecified atom stereocenters. The van der Waals surface area contributed by atoms with Crippen LogP contribution < -0.4 is 10.1 Å². The van der Waals surface area contributed by atoms with E-state index in [2.05, 4.69) is 22.0 Å². The maximum atomic E-state index is 5.67. The first-order chi connectivity index (χ1) is 11.5. The van der Waals surface area contributed by atoms with Gasteiger partial charge in [-0.15, -0.1) is 0 Å². The molecule has 0 fully saturated rings. The Kier molecular flexibility index (Phi) is 6.63. The molecule has 0 spiro atoms. The average molecular weight is 347 g/mol. The first kappa shape index (κ1) is 18.3. The van der Waals surface area contributed by atoms with E-state index in [0.29, 0.717) is 5.11 Å². The third-order valence-corrected chi connectivity index (χ3v) is 4.16. The van der Waals surface area contributed by atoms with Crippen molar-refractivity contribution < 1.29 is 9.15 Å². The molecule has 0 amide bonds. The maximum Gasteiger partial charge on any atom is 0.174 e. The molecule has 0 bridgehead atoms. The highest BCUT2D eigenvalue weighted by Gasteiger charge is 2.21. The van der Waals surface area contributed by atoms with E-state index in [4.69, 9.17) is 21.4 Å². The minimum Gasteiger partial charge on any atom is -0.495 e. The average Bonchev–Trinajstić information content (AvgIpc) is 3.09. The lowest BCUT2D eigenvalue weighted by atomic mass is 10.2. The minimum absolute atomic E-state index is 0.0367. The standard InChI is InChI=1S/C18H25N3O2S/c1-14(16-10-7-13-23-16)21(12-11-20(2)3)18(24)19-15-8-5-6-9-17(15)22-4/h5-10,13-14H,11-12H2,1-4H3,(H,19,24)/t14-/m1/s1. The van der Waals surface area contributed by atoms with Crippen LogP contribution in [0.1, 0.15) is 18.7 Å². The lowest BCUT2D eigenvalue weighted by molar-refractivity contribution is 0.263. The van der Waals surface area contributed by atoms with Crippen LogP contribution in [0.5, 0.6) is 5.75 Å². The molecule has 5 nitrogen and oxygen atoms in total. The number of benzene rings is 1. The zero-order chi connectivity index (χ0) is 17.5. The molecule has 0 saturated carbocycles. The summed E-state index contributed by atoms with van der Waals surface area (Å²) in [6, 6.07) is 11.6. The number of likely N-dealkylation sites (N-methyl/N-ethyl adjacent to an activating group) is 1. The molecule has 0 aliphatic heterocycles. The molecule has 1 atom stereocenters. The number of nitrogens with one attached hydrogen (secondary N) is 1. The SMILES string of the molecule is COc1ccccc1NC(=S)N(CCN(C)C)[C@H](C)c1ccco1. The number of ether oxygens (including phenoxy) is 1. The molecule has 130 valence electrons. The second-order valence-electron chi connectivity index (χ2n) is 5.82. The Morgan fingerprint density at radius 2 is 1.96 bits per heavy atom. The quantitative estimate of drug-likeness (QED) is 0.772. The van der Waals surface area contributed by atoms with Crippen molar-refractivity contribution in [3.8, 4) is 5.75 Å². The number of para-hydroxylation sites is 2. The Morgan fingerprint density at radius 1 is 1.21 bits per heavy atom. The van der Waals surface area contributed by atoms with Gasteiger partial charge >= 0.3 is 0 Å². The number of nitrogens with zero attached hydrogens (tertiary/aromatic N) is 2. The molecule has 2 aromatic rings. The fourth-order valence-corrected chi connectivity index (χ4v) is 2.76. The van der Waals surface area contributed by atoms with Crippen LogP contribution in [0.25, 0.3) is 0 Å². The second-order valence-corrected chi connectivity index (χ2v) is 6.21. The van der Waals surface area contributed by atoms with E-state index in [1.54, 1.807) is 13.4 Å². The summed E-state index contributed by atoms with van der Waals surface area (Å²) in [5.74, 6) is 1.65. The second kappa shape index (κ2) is 8.70. The van der Waals surface area contributed by atoms with Gasteiger partial charge in [0.1, 0.15) is 11.5 Å². The van der Waals surface area contributed by atoms with Crippen LogP contribution in [0.4, 0.5) is 5.69 Å². The van der Waals surface area contributed by atoms with E-state index in [1.165, 1.54) is 0 Å². The van der Waals surface area contributed by atoms with E-state index in [-0.39, 0.29) is 6.04 Å². The largest absolute Gasteiger partial charge is 0.495 e. The van der Waals surface area contributed by atoms with Crippen LogP contribution in [-0.2, 0) is 0 Å². The summed E-state index contributed by atoms with van der Waals surface area (Å²) in [5.41, 5.74) is 0.853. The van der Waals surface area contributed by atoms with Gasteiger partial charge in [-0.05, 0) is 57.5 Å². The summed E-state index contributed by atoms with van der Waals surface area (Å²) >= 11 is 5.67. The van der Waals surface area contributed by atoms with Crippen molar-refractivity contribution in [3.63, 3.8) is 0 Å². The fourth-order valence-electron chi connectivity index (χ4n) is 2.40. The van der Waals surface area contributed by atoms with Gasteiger partial charge in [0.25, 0.3) is 0 Å². The van der Waals surface area contributed by atoms with Crippen molar-refractivity contribution in [2.75, 3.05) is 39.6 Å².